The summed E-state index contributed by atoms with van der Waals surface area (Å²) in [5, 5.41) is 3.53. The molecule has 1 spiro atoms. The van der Waals surface area contributed by atoms with Crippen molar-refractivity contribution in [1.82, 2.24) is 10.3 Å². The van der Waals surface area contributed by atoms with Crippen molar-refractivity contribution in [2.24, 2.45) is 5.41 Å². The summed E-state index contributed by atoms with van der Waals surface area (Å²) in [6.07, 6.45) is 5.95. The van der Waals surface area contributed by atoms with Crippen molar-refractivity contribution < 1.29 is 0 Å². The van der Waals surface area contributed by atoms with E-state index in [4.69, 9.17) is 0 Å². The maximum absolute atomic E-state index is 4.57. The molecule has 0 amide bonds. The van der Waals surface area contributed by atoms with E-state index in [-0.39, 0.29) is 0 Å². The van der Waals surface area contributed by atoms with Crippen molar-refractivity contribution in [3.63, 3.8) is 0 Å². The minimum absolute atomic E-state index is 0.580. The minimum Gasteiger partial charge on any atom is -0.357 e. The second-order valence-electron chi connectivity index (χ2n) is 6.52. The largest absolute Gasteiger partial charge is 0.357 e. The highest BCUT2D eigenvalue weighted by atomic mass is 15.2. The van der Waals surface area contributed by atoms with Crippen LogP contribution in [0.1, 0.15) is 44.6 Å². The molecule has 0 aliphatic carbocycles. The highest BCUT2D eigenvalue weighted by molar-refractivity contribution is 5.42. The van der Waals surface area contributed by atoms with E-state index in [1.807, 2.05) is 6.20 Å². The van der Waals surface area contributed by atoms with Crippen LogP contribution in [-0.2, 0) is 0 Å². The number of pyridine rings is 1. The summed E-state index contributed by atoms with van der Waals surface area (Å²) in [7, 11) is 0. The summed E-state index contributed by atoms with van der Waals surface area (Å²) in [4.78, 5) is 7.04. The molecule has 0 saturated carbocycles. The first-order valence-electron chi connectivity index (χ1n) is 7.60. The first-order chi connectivity index (χ1) is 9.19. The molecule has 0 bridgehead atoms. The number of piperidine rings is 1. The van der Waals surface area contributed by atoms with E-state index in [1.54, 1.807) is 0 Å². The van der Waals surface area contributed by atoms with Gasteiger partial charge in [0, 0.05) is 25.8 Å². The third-order valence-corrected chi connectivity index (χ3v) is 4.92. The lowest BCUT2D eigenvalue weighted by Gasteiger charge is -2.39. The molecule has 0 atom stereocenters. The molecule has 1 aromatic rings. The van der Waals surface area contributed by atoms with Crippen LogP contribution < -0.4 is 10.2 Å². The van der Waals surface area contributed by atoms with Crippen LogP contribution in [-0.4, -0.2) is 31.2 Å². The molecule has 0 aromatic carbocycles. The normalized spacial score (nSPS) is 22.4. The Morgan fingerprint density at radius 1 is 1.26 bits per heavy atom. The van der Waals surface area contributed by atoms with Gasteiger partial charge < -0.3 is 10.2 Å². The fourth-order valence-corrected chi connectivity index (χ4v) is 3.40. The Hall–Kier alpha value is -1.09. The van der Waals surface area contributed by atoms with Crippen molar-refractivity contribution >= 4 is 5.82 Å². The highest BCUT2D eigenvalue weighted by Gasteiger charge is 2.37. The number of aromatic nitrogens is 1. The molecule has 0 radical (unpaired) electrons. The Bertz CT molecular complexity index is 425. The van der Waals surface area contributed by atoms with Gasteiger partial charge in [0.2, 0.25) is 0 Å². The Morgan fingerprint density at radius 3 is 2.68 bits per heavy atom. The minimum atomic E-state index is 0.580. The summed E-state index contributed by atoms with van der Waals surface area (Å²) < 4.78 is 0. The van der Waals surface area contributed by atoms with Gasteiger partial charge in [0.15, 0.2) is 0 Å². The van der Waals surface area contributed by atoms with Crippen LogP contribution in [0, 0.1) is 5.41 Å². The van der Waals surface area contributed by atoms with Gasteiger partial charge in [-0.15, -0.1) is 0 Å². The monoisotopic (exact) mass is 259 g/mol. The molecule has 3 heterocycles. The van der Waals surface area contributed by atoms with E-state index in [0.29, 0.717) is 11.3 Å². The van der Waals surface area contributed by atoms with E-state index in [2.05, 4.69) is 41.2 Å². The second-order valence-corrected chi connectivity index (χ2v) is 6.52. The Labute approximate surface area is 116 Å². The summed E-state index contributed by atoms with van der Waals surface area (Å²) in [5.74, 6) is 1.75. The first-order valence-corrected chi connectivity index (χ1v) is 7.60. The first kappa shape index (κ1) is 12.9. The number of rotatable bonds is 2. The molecule has 0 unspecified atom stereocenters. The van der Waals surface area contributed by atoms with Gasteiger partial charge in [0.25, 0.3) is 0 Å². The van der Waals surface area contributed by atoms with Gasteiger partial charge in [0.05, 0.1) is 0 Å². The van der Waals surface area contributed by atoms with Gasteiger partial charge in [-0.25, -0.2) is 4.98 Å². The topological polar surface area (TPSA) is 28.2 Å². The molecule has 19 heavy (non-hydrogen) atoms. The Morgan fingerprint density at radius 2 is 2.05 bits per heavy atom. The van der Waals surface area contributed by atoms with E-state index >= 15 is 0 Å². The van der Waals surface area contributed by atoms with Crippen LogP contribution in [0.25, 0.3) is 0 Å². The van der Waals surface area contributed by atoms with Gasteiger partial charge in [-0.2, -0.15) is 0 Å². The van der Waals surface area contributed by atoms with Crippen LogP contribution in [0.5, 0.6) is 0 Å². The zero-order chi connectivity index (χ0) is 13.3. The molecule has 3 heteroatoms. The van der Waals surface area contributed by atoms with Crippen LogP contribution in [0.2, 0.25) is 0 Å². The van der Waals surface area contributed by atoms with Crippen molar-refractivity contribution in [2.45, 2.75) is 39.0 Å². The molecular weight excluding hydrogens is 234 g/mol. The van der Waals surface area contributed by atoms with Crippen LogP contribution in [0.15, 0.2) is 18.3 Å². The van der Waals surface area contributed by atoms with E-state index in [1.165, 1.54) is 43.7 Å². The molecule has 2 fully saturated rings. The van der Waals surface area contributed by atoms with Crippen LogP contribution >= 0.6 is 0 Å². The van der Waals surface area contributed by atoms with E-state index in [0.717, 1.165) is 13.1 Å². The van der Waals surface area contributed by atoms with Crippen molar-refractivity contribution in [3.05, 3.63) is 23.9 Å². The van der Waals surface area contributed by atoms with Crippen molar-refractivity contribution in [1.29, 1.82) is 0 Å². The molecule has 3 rings (SSSR count). The summed E-state index contributed by atoms with van der Waals surface area (Å²) >= 11 is 0. The second kappa shape index (κ2) is 5.12. The van der Waals surface area contributed by atoms with Crippen molar-refractivity contribution in [3.8, 4) is 0 Å². The standard InChI is InChI=1S/C16H25N3/c1-13(2)14-3-7-18-15(11-14)19-9-5-16(6-10-19)4-8-17-12-16/h3,7,11,13,17H,4-6,8-10,12H2,1-2H3. The summed E-state index contributed by atoms with van der Waals surface area (Å²) in [6.45, 7) is 9.25. The zero-order valence-corrected chi connectivity index (χ0v) is 12.2. The lowest BCUT2D eigenvalue weighted by molar-refractivity contribution is 0.247. The third kappa shape index (κ3) is 2.62. The lowest BCUT2D eigenvalue weighted by atomic mass is 9.78. The Kier molecular flexibility index (Phi) is 3.48. The molecule has 104 valence electrons. The molecule has 2 saturated heterocycles. The SMILES string of the molecule is CC(C)c1ccnc(N2CCC3(CCNC3)CC2)c1. The molecule has 1 N–H and O–H groups in total. The molecule has 1 aromatic heterocycles. The van der Waals surface area contributed by atoms with Gasteiger partial charge >= 0.3 is 0 Å². The number of anilines is 1. The predicted molar refractivity (Wildman–Crippen MR) is 79.7 cm³/mol. The lowest BCUT2D eigenvalue weighted by Crippen LogP contribution is -2.41. The molecule has 2 aliphatic rings. The van der Waals surface area contributed by atoms with E-state index < -0.39 is 0 Å². The van der Waals surface area contributed by atoms with Gasteiger partial charge in [0.1, 0.15) is 5.82 Å². The molecule has 2 aliphatic heterocycles. The predicted octanol–water partition coefficient (Wildman–Crippen LogP) is 2.78. The average molecular weight is 259 g/mol. The maximum atomic E-state index is 4.57. The average Bonchev–Trinajstić information content (AvgIpc) is 2.88. The third-order valence-electron chi connectivity index (χ3n) is 4.92. The zero-order valence-electron chi connectivity index (χ0n) is 12.2. The summed E-state index contributed by atoms with van der Waals surface area (Å²) in [5.41, 5.74) is 1.99. The highest BCUT2D eigenvalue weighted by Crippen LogP contribution is 2.38. The number of nitrogens with zero attached hydrogens (tertiary/aromatic N) is 2. The fraction of sp³-hybridized carbons (Fsp3) is 0.688. The van der Waals surface area contributed by atoms with Crippen LogP contribution in [0.3, 0.4) is 0 Å². The van der Waals surface area contributed by atoms with Gasteiger partial charge in [-0.05, 0) is 54.8 Å². The molecular formula is C16H25N3. The van der Waals surface area contributed by atoms with Crippen LogP contribution in [0.4, 0.5) is 5.82 Å². The maximum Gasteiger partial charge on any atom is 0.128 e. The smallest absolute Gasteiger partial charge is 0.128 e. The molecule has 3 nitrogen and oxygen atoms in total. The number of hydrogen-bond acceptors (Lipinski definition) is 3. The number of hydrogen-bond donors (Lipinski definition) is 1. The fourth-order valence-electron chi connectivity index (χ4n) is 3.40. The number of nitrogens with one attached hydrogen (secondary N) is 1. The summed E-state index contributed by atoms with van der Waals surface area (Å²) in [6, 6.07) is 4.41. The van der Waals surface area contributed by atoms with Crippen molar-refractivity contribution in [2.75, 3.05) is 31.1 Å². The van der Waals surface area contributed by atoms with Gasteiger partial charge in [-0.3, -0.25) is 0 Å². The quantitative estimate of drug-likeness (QED) is 0.885. The van der Waals surface area contributed by atoms with E-state index in [9.17, 15) is 0 Å². The Balaban J connectivity index is 1.69. The van der Waals surface area contributed by atoms with Gasteiger partial charge in [-0.1, -0.05) is 13.8 Å².